The second kappa shape index (κ2) is 7.68. The van der Waals surface area contributed by atoms with Crippen molar-refractivity contribution in [2.24, 2.45) is 16.7 Å². The van der Waals surface area contributed by atoms with Gasteiger partial charge in [0.05, 0.1) is 13.2 Å². The first kappa shape index (κ1) is 24.2. The molecule has 2 aromatic carbocycles. The third kappa shape index (κ3) is 2.79. The van der Waals surface area contributed by atoms with Gasteiger partial charge in [0.2, 0.25) is 0 Å². The van der Waals surface area contributed by atoms with Crippen LogP contribution in [0.25, 0.3) is 5.57 Å². The Morgan fingerprint density at radius 1 is 1.11 bits per heavy atom. The Morgan fingerprint density at radius 3 is 2.49 bits per heavy atom. The van der Waals surface area contributed by atoms with E-state index in [0.29, 0.717) is 18.4 Å². The number of methoxy groups -OCH3 is 1. The molecule has 37 heavy (non-hydrogen) atoms. The van der Waals surface area contributed by atoms with Crippen molar-refractivity contribution in [3.8, 4) is 0 Å². The van der Waals surface area contributed by atoms with Crippen molar-refractivity contribution in [1.82, 2.24) is 5.32 Å². The largest absolute Gasteiger partial charge is 0.460 e. The van der Waals surface area contributed by atoms with E-state index < -0.39 is 46.9 Å². The standard InChI is InChI=1S/C30H33NO6/c1-17-16-29-28(4)22(15-21(27(28,2)3)30(29,37-29)20-14-10-9-13-19(17)20)36-25(33)24(32)23(31-26(34)35-5)18-11-7-6-8-12-18/h6-14,21-24,32H,1,15-16H2,2-5H3,(H,31,34)/t21?,22?,23-,24+,28?,29-,30+/m0/s1. The van der Waals surface area contributed by atoms with E-state index in [4.69, 9.17) is 14.2 Å². The number of carbonyl (C=O) groups excluding carboxylic acids is 2. The number of aliphatic hydroxyl groups is 1. The summed E-state index contributed by atoms with van der Waals surface area (Å²) in [7, 11) is 1.23. The Labute approximate surface area is 216 Å². The predicted octanol–water partition coefficient (Wildman–Crippen LogP) is 4.50. The Morgan fingerprint density at radius 2 is 1.78 bits per heavy atom. The molecule has 2 aromatic rings. The number of hydrogen-bond donors (Lipinski definition) is 2. The van der Waals surface area contributed by atoms with Crippen molar-refractivity contribution in [3.63, 3.8) is 0 Å². The minimum atomic E-state index is -1.61. The maximum atomic E-state index is 13.4. The summed E-state index contributed by atoms with van der Waals surface area (Å²) in [5.41, 5.74) is 2.32. The van der Waals surface area contributed by atoms with E-state index in [2.05, 4.69) is 44.8 Å². The lowest BCUT2D eigenvalue weighted by Gasteiger charge is -2.45. The number of ether oxygens (including phenoxy) is 3. The SMILES string of the molecule is C=C1C[C@@]23O[C@]2(c2ccccc21)C1CC(OC(=O)[C@H](O)[C@@H](NC(=O)OC)c2ccccc2)C3(C)C1(C)C. The van der Waals surface area contributed by atoms with Gasteiger partial charge in [0.15, 0.2) is 6.10 Å². The van der Waals surface area contributed by atoms with Crippen LogP contribution in [0.4, 0.5) is 4.79 Å². The van der Waals surface area contributed by atoms with Gasteiger partial charge in [0, 0.05) is 17.8 Å². The van der Waals surface area contributed by atoms with E-state index >= 15 is 0 Å². The van der Waals surface area contributed by atoms with E-state index in [-0.39, 0.29) is 11.3 Å². The summed E-state index contributed by atoms with van der Waals surface area (Å²) in [6.07, 6.45) is -1.52. The number of aliphatic hydroxyl groups excluding tert-OH is 1. The maximum absolute atomic E-state index is 13.4. The highest BCUT2D eigenvalue weighted by molar-refractivity contribution is 5.79. The van der Waals surface area contributed by atoms with Gasteiger partial charge in [-0.15, -0.1) is 0 Å². The van der Waals surface area contributed by atoms with Crippen LogP contribution in [0, 0.1) is 16.7 Å². The molecule has 3 fully saturated rings. The zero-order chi connectivity index (χ0) is 26.4. The molecule has 2 N–H and O–H groups in total. The molecule has 4 aliphatic rings. The molecule has 7 heteroatoms. The summed E-state index contributed by atoms with van der Waals surface area (Å²) in [6.45, 7) is 11.0. The Hall–Kier alpha value is -3.16. The van der Waals surface area contributed by atoms with Crippen LogP contribution in [0.3, 0.4) is 0 Å². The number of epoxide rings is 1. The molecule has 6 rings (SSSR count). The van der Waals surface area contributed by atoms with Gasteiger partial charge in [-0.1, -0.05) is 81.9 Å². The highest BCUT2D eigenvalue weighted by Crippen LogP contribution is 2.89. The van der Waals surface area contributed by atoms with E-state index in [9.17, 15) is 14.7 Å². The predicted molar refractivity (Wildman–Crippen MR) is 136 cm³/mol. The molecule has 0 radical (unpaired) electrons. The average molecular weight is 504 g/mol. The number of carbonyl (C=O) groups is 2. The number of benzene rings is 2. The molecule has 1 saturated heterocycles. The molecule has 1 heterocycles. The van der Waals surface area contributed by atoms with Crippen LogP contribution in [0.1, 0.15) is 56.3 Å². The van der Waals surface area contributed by atoms with Crippen LogP contribution in [-0.2, 0) is 24.6 Å². The molecule has 7 atom stereocenters. The van der Waals surface area contributed by atoms with Gasteiger partial charge in [-0.2, -0.15) is 0 Å². The Bertz CT molecular complexity index is 1310. The molecule has 3 aliphatic carbocycles. The van der Waals surface area contributed by atoms with Gasteiger partial charge in [-0.3, -0.25) is 0 Å². The molecule has 1 amide bonds. The number of alkyl carbamates (subject to hydrolysis) is 1. The molecule has 2 bridgehead atoms. The lowest BCUT2D eigenvalue weighted by atomic mass is 9.59. The summed E-state index contributed by atoms with van der Waals surface area (Å²) >= 11 is 0. The number of nitrogens with one attached hydrogen (secondary N) is 1. The third-order valence-electron chi connectivity index (χ3n) is 10.1. The first-order chi connectivity index (χ1) is 17.5. The minimum Gasteiger partial charge on any atom is -0.460 e. The summed E-state index contributed by atoms with van der Waals surface area (Å²) in [6, 6.07) is 16.2. The first-order valence-corrected chi connectivity index (χ1v) is 12.8. The smallest absolute Gasteiger partial charge is 0.407 e. The summed E-state index contributed by atoms with van der Waals surface area (Å²) < 4.78 is 17.6. The molecule has 194 valence electrons. The van der Waals surface area contributed by atoms with Crippen molar-refractivity contribution in [3.05, 3.63) is 77.9 Å². The highest BCUT2D eigenvalue weighted by Gasteiger charge is 2.95. The number of rotatable bonds is 5. The fourth-order valence-corrected chi connectivity index (χ4v) is 8.09. The van der Waals surface area contributed by atoms with Crippen LogP contribution in [0.2, 0.25) is 0 Å². The van der Waals surface area contributed by atoms with E-state index in [1.807, 2.05) is 18.2 Å². The number of hydrogen-bond acceptors (Lipinski definition) is 6. The minimum absolute atomic E-state index is 0.132. The molecule has 0 spiro atoms. The van der Waals surface area contributed by atoms with Gasteiger partial charge in [0.25, 0.3) is 0 Å². The normalized spacial score (nSPS) is 35.4. The number of esters is 1. The molecular formula is C30H33NO6. The molecule has 1 aliphatic heterocycles. The zero-order valence-corrected chi connectivity index (χ0v) is 21.6. The van der Waals surface area contributed by atoms with Crippen molar-refractivity contribution in [2.45, 2.75) is 63.1 Å². The zero-order valence-electron chi connectivity index (χ0n) is 21.6. The topological polar surface area (TPSA) is 97.4 Å². The average Bonchev–Trinajstić information content (AvgIpc) is 3.52. The van der Waals surface area contributed by atoms with Gasteiger partial charge in [-0.05, 0) is 34.1 Å². The molecule has 3 unspecified atom stereocenters. The summed E-state index contributed by atoms with van der Waals surface area (Å²) in [5.74, 6) is -0.648. The number of amides is 1. The Balaban J connectivity index is 1.31. The monoisotopic (exact) mass is 503 g/mol. The Kier molecular flexibility index (Phi) is 5.02. The highest BCUT2D eigenvalue weighted by atomic mass is 16.6. The van der Waals surface area contributed by atoms with E-state index in [1.54, 1.807) is 24.3 Å². The second-order valence-electron chi connectivity index (χ2n) is 11.6. The molecule has 7 nitrogen and oxygen atoms in total. The maximum Gasteiger partial charge on any atom is 0.407 e. The van der Waals surface area contributed by atoms with Crippen LogP contribution >= 0.6 is 0 Å². The summed E-state index contributed by atoms with van der Waals surface area (Å²) in [5, 5.41) is 13.7. The van der Waals surface area contributed by atoms with Crippen LogP contribution < -0.4 is 5.32 Å². The van der Waals surface area contributed by atoms with Crippen molar-refractivity contribution in [1.29, 1.82) is 0 Å². The van der Waals surface area contributed by atoms with Gasteiger partial charge >= 0.3 is 12.1 Å². The fourth-order valence-electron chi connectivity index (χ4n) is 8.09. The quantitative estimate of drug-likeness (QED) is 0.461. The van der Waals surface area contributed by atoms with Crippen molar-refractivity contribution >= 4 is 17.6 Å². The van der Waals surface area contributed by atoms with Crippen LogP contribution in [0.15, 0.2) is 61.2 Å². The molecule has 2 saturated carbocycles. The number of fused-ring (bicyclic) bond motifs is 3. The van der Waals surface area contributed by atoms with Crippen LogP contribution in [0.5, 0.6) is 0 Å². The van der Waals surface area contributed by atoms with E-state index in [1.165, 1.54) is 12.7 Å². The van der Waals surface area contributed by atoms with Crippen LogP contribution in [-0.4, -0.2) is 42.1 Å². The van der Waals surface area contributed by atoms with E-state index in [0.717, 1.165) is 11.1 Å². The third-order valence-corrected chi connectivity index (χ3v) is 10.1. The van der Waals surface area contributed by atoms with Gasteiger partial charge < -0.3 is 24.6 Å². The van der Waals surface area contributed by atoms with Gasteiger partial charge in [0.1, 0.15) is 17.3 Å². The van der Waals surface area contributed by atoms with Gasteiger partial charge in [-0.25, -0.2) is 9.59 Å². The van der Waals surface area contributed by atoms with Crippen molar-refractivity contribution in [2.75, 3.05) is 7.11 Å². The summed E-state index contributed by atoms with van der Waals surface area (Å²) in [4.78, 5) is 25.5. The molecular weight excluding hydrogens is 470 g/mol. The molecule has 0 aromatic heterocycles. The lowest BCUT2D eigenvalue weighted by Crippen LogP contribution is -2.53. The van der Waals surface area contributed by atoms with Crippen molar-refractivity contribution < 1.29 is 28.9 Å². The fraction of sp³-hybridized carbons (Fsp3) is 0.467. The second-order valence-corrected chi connectivity index (χ2v) is 11.6. The first-order valence-electron chi connectivity index (χ1n) is 12.8. The lowest BCUT2D eigenvalue weighted by molar-refractivity contribution is -0.172.